The van der Waals surface area contributed by atoms with Gasteiger partial charge in [0.2, 0.25) is 11.1 Å². The maximum Gasteiger partial charge on any atom is 0.218 e. The summed E-state index contributed by atoms with van der Waals surface area (Å²) >= 11 is 12.2. The third kappa shape index (κ3) is 2.82. The number of benzene rings is 2. The molecule has 3 aromatic rings. The first-order valence-corrected chi connectivity index (χ1v) is 9.74. The van der Waals surface area contributed by atoms with Crippen molar-refractivity contribution in [3.63, 3.8) is 0 Å². The number of carbonyl (C=O) groups is 1. The second-order valence-corrected chi connectivity index (χ2v) is 7.55. The SMILES string of the molecule is O=C1C[C@H](n2nc(-c3ccccc3Cl)n(-c3ccccc3)c2=S)[C@@H]2CO[C@@H]1O2. The Kier molecular flexibility index (Phi) is 4.40. The van der Waals surface area contributed by atoms with Crippen LogP contribution in [0.3, 0.4) is 0 Å². The molecule has 2 saturated heterocycles. The summed E-state index contributed by atoms with van der Waals surface area (Å²) < 4.78 is 15.2. The Bertz CT molecular complexity index is 1110. The number of ketones is 1. The Balaban J connectivity index is 1.71. The molecule has 2 fully saturated rings. The van der Waals surface area contributed by atoms with E-state index in [1.54, 1.807) is 4.68 Å². The molecule has 2 aromatic carbocycles. The van der Waals surface area contributed by atoms with Gasteiger partial charge >= 0.3 is 0 Å². The van der Waals surface area contributed by atoms with Crippen LogP contribution >= 0.6 is 23.8 Å². The van der Waals surface area contributed by atoms with E-state index in [1.807, 2.05) is 59.2 Å². The smallest absolute Gasteiger partial charge is 0.218 e. The second kappa shape index (κ2) is 6.93. The molecule has 0 saturated carbocycles. The minimum Gasteiger partial charge on any atom is -0.343 e. The van der Waals surface area contributed by atoms with Gasteiger partial charge in [0.05, 0.1) is 17.7 Å². The van der Waals surface area contributed by atoms with Gasteiger partial charge in [0.1, 0.15) is 6.10 Å². The number of para-hydroxylation sites is 1. The van der Waals surface area contributed by atoms with Crippen LogP contribution in [0.1, 0.15) is 12.5 Å². The zero-order valence-electron chi connectivity index (χ0n) is 14.7. The molecular formula is C20H16ClN3O3S. The third-order valence-corrected chi connectivity index (χ3v) is 5.76. The molecule has 0 amide bonds. The minimum absolute atomic E-state index is 0.0887. The highest BCUT2D eigenvalue weighted by atomic mass is 35.5. The predicted molar refractivity (Wildman–Crippen MR) is 106 cm³/mol. The van der Waals surface area contributed by atoms with Gasteiger partial charge in [-0.25, -0.2) is 4.68 Å². The molecule has 2 aliphatic rings. The molecule has 3 heterocycles. The Hall–Kier alpha value is -2.32. The van der Waals surface area contributed by atoms with E-state index in [0.717, 1.165) is 11.3 Å². The molecule has 0 spiro atoms. The number of fused-ring (bicyclic) bond motifs is 2. The highest BCUT2D eigenvalue weighted by Gasteiger charge is 2.45. The molecular weight excluding hydrogens is 398 g/mol. The fraction of sp³-hybridized carbons (Fsp3) is 0.250. The van der Waals surface area contributed by atoms with E-state index in [1.165, 1.54) is 0 Å². The number of halogens is 1. The van der Waals surface area contributed by atoms with Gasteiger partial charge in [-0.2, -0.15) is 5.10 Å². The summed E-state index contributed by atoms with van der Waals surface area (Å²) in [6.07, 6.45) is -0.737. The maximum absolute atomic E-state index is 12.3. The van der Waals surface area contributed by atoms with E-state index < -0.39 is 6.29 Å². The Morgan fingerprint density at radius 1 is 1.11 bits per heavy atom. The lowest BCUT2D eigenvalue weighted by atomic mass is 10.0. The molecule has 0 unspecified atom stereocenters. The molecule has 8 heteroatoms. The number of hydrogen-bond donors (Lipinski definition) is 0. The number of rotatable bonds is 3. The number of ether oxygens (including phenoxy) is 2. The predicted octanol–water partition coefficient (Wildman–Crippen LogP) is 3.98. The summed E-state index contributed by atoms with van der Waals surface area (Å²) in [5, 5.41) is 5.37. The van der Waals surface area contributed by atoms with E-state index in [9.17, 15) is 4.79 Å². The standard InChI is InChI=1S/C20H16ClN3O3S/c21-14-9-5-4-8-13(14)18-22-24(15-10-16(25)19-26-11-17(15)27-19)20(28)23(18)12-6-2-1-3-7-12/h1-9,15,17,19H,10-11H2/t15-,17-,19+/m0/s1. The summed E-state index contributed by atoms with van der Waals surface area (Å²) in [7, 11) is 0. The van der Waals surface area contributed by atoms with Crippen molar-refractivity contribution in [1.82, 2.24) is 14.3 Å². The number of carbonyl (C=O) groups excluding carboxylic acids is 1. The van der Waals surface area contributed by atoms with Crippen LogP contribution in [0.5, 0.6) is 0 Å². The van der Waals surface area contributed by atoms with Crippen LogP contribution in [0.25, 0.3) is 17.1 Å². The third-order valence-electron chi connectivity index (χ3n) is 5.06. The van der Waals surface area contributed by atoms with Crippen molar-refractivity contribution in [2.45, 2.75) is 24.9 Å². The van der Waals surface area contributed by atoms with Crippen LogP contribution < -0.4 is 0 Å². The zero-order valence-corrected chi connectivity index (χ0v) is 16.3. The lowest BCUT2D eigenvalue weighted by Gasteiger charge is -2.26. The Morgan fingerprint density at radius 3 is 2.64 bits per heavy atom. The number of Topliss-reactive ketones (excluding diaryl/α,β-unsaturated/α-hetero) is 1. The minimum atomic E-state index is -0.755. The fourth-order valence-electron chi connectivity index (χ4n) is 3.69. The van der Waals surface area contributed by atoms with Gasteiger partial charge < -0.3 is 9.47 Å². The normalized spacial score (nSPS) is 23.9. The van der Waals surface area contributed by atoms with Gasteiger partial charge in [-0.1, -0.05) is 41.9 Å². The largest absolute Gasteiger partial charge is 0.343 e. The van der Waals surface area contributed by atoms with Crippen molar-refractivity contribution in [2.75, 3.05) is 6.61 Å². The summed E-state index contributed by atoms with van der Waals surface area (Å²) in [5.41, 5.74) is 1.64. The molecule has 142 valence electrons. The van der Waals surface area contributed by atoms with E-state index in [-0.39, 0.29) is 24.3 Å². The number of aromatic nitrogens is 3. The molecule has 5 rings (SSSR count). The summed E-state index contributed by atoms with van der Waals surface area (Å²) in [6.45, 7) is 0.350. The van der Waals surface area contributed by atoms with Crippen molar-refractivity contribution in [2.24, 2.45) is 0 Å². The molecule has 3 atom stereocenters. The second-order valence-electron chi connectivity index (χ2n) is 6.78. The molecule has 0 aliphatic carbocycles. The van der Waals surface area contributed by atoms with Gasteiger partial charge in [0.15, 0.2) is 11.6 Å². The first kappa shape index (κ1) is 17.8. The molecule has 28 heavy (non-hydrogen) atoms. The Morgan fingerprint density at radius 2 is 1.86 bits per heavy atom. The molecule has 0 N–H and O–H groups in total. The van der Waals surface area contributed by atoms with E-state index >= 15 is 0 Å². The lowest BCUT2D eigenvalue weighted by molar-refractivity contribution is -0.156. The topological polar surface area (TPSA) is 58.3 Å². The van der Waals surface area contributed by atoms with Gasteiger partial charge in [0, 0.05) is 17.7 Å². The van der Waals surface area contributed by atoms with Crippen LogP contribution in [0.2, 0.25) is 5.02 Å². The number of nitrogens with zero attached hydrogens (tertiary/aromatic N) is 3. The highest BCUT2D eigenvalue weighted by Crippen LogP contribution is 2.35. The van der Waals surface area contributed by atoms with Crippen molar-refractivity contribution < 1.29 is 14.3 Å². The molecule has 1 aromatic heterocycles. The average molecular weight is 414 g/mol. The molecule has 2 aliphatic heterocycles. The van der Waals surface area contributed by atoms with Gasteiger partial charge in [-0.15, -0.1) is 0 Å². The van der Waals surface area contributed by atoms with Crippen LogP contribution in [-0.4, -0.2) is 39.1 Å². The van der Waals surface area contributed by atoms with Crippen LogP contribution in [-0.2, 0) is 14.3 Å². The zero-order chi connectivity index (χ0) is 19.3. The summed E-state index contributed by atoms with van der Waals surface area (Å²) in [5.74, 6) is 0.532. The van der Waals surface area contributed by atoms with E-state index in [4.69, 9.17) is 38.4 Å². The van der Waals surface area contributed by atoms with Gasteiger partial charge in [0.25, 0.3) is 0 Å². The summed E-state index contributed by atoms with van der Waals surface area (Å²) in [4.78, 5) is 12.3. The van der Waals surface area contributed by atoms with Gasteiger partial charge in [-0.3, -0.25) is 9.36 Å². The average Bonchev–Trinajstić information content (AvgIpc) is 3.29. The van der Waals surface area contributed by atoms with Crippen molar-refractivity contribution in [1.29, 1.82) is 0 Å². The van der Waals surface area contributed by atoms with Crippen LogP contribution in [0.4, 0.5) is 0 Å². The lowest BCUT2D eigenvalue weighted by Crippen LogP contribution is -2.37. The van der Waals surface area contributed by atoms with E-state index in [0.29, 0.717) is 22.2 Å². The first-order valence-electron chi connectivity index (χ1n) is 8.95. The van der Waals surface area contributed by atoms with Crippen molar-refractivity contribution in [3.8, 4) is 17.1 Å². The fourth-order valence-corrected chi connectivity index (χ4v) is 4.28. The molecule has 0 radical (unpaired) electrons. The quantitative estimate of drug-likeness (QED) is 0.608. The van der Waals surface area contributed by atoms with Crippen molar-refractivity contribution >= 4 is 29.6 Å². The highest BCUT2D eigenvalue weighted by molar-refractivity contribution is 7.71. The van der Waals surface area contributed by atoms with Gasteiger partial charge in [-0.05, 0) is 36.5 Å². The molecule has 2 bridgehead atoms. The van der Waals surface area contributed by atoms with E-state index in [2.05, 4.69) is 0 Å². The Labute approximate surface area is 171 Å². The summed E-state index contributed by atoms with van der Waals surface area (Å²) in [6, 6.07) is 16.9. The number of hydrogen-bond acceptors (Lipinski definition) is 5. The monoisotopic (exact) mass is 413 g/mol. The van der Waals surface area contributed by atoms with Crippen LogP contribution in [0, 0.1) is 4.77 Å². The van der Waals surface area contributed by atoms with Crippen LogP contribution in [0.15, 0.2) is 54.6 Å². The maximum atomic E-state index is 12.3. The van der Waals surface area contributed by atoms with Crippen molar-refractivity contribution in [3.05, 3.63) is 64.4 Å². The first-order chi connectivity index (χ1) is 13.6. The molecule has 6 nitrogen and oxygen atoms in total.